The molecule has 2 bridgehead atoms. The number of allylic oxidation sites excluding steroid dienone is 6. The topological polar surface area (TPSA) is 195 Å². The zero-order valence-corrected chi connectivity index (χ0v) is 40.6. The number of methoxy groups -OCH3 is 3. The molecule has 2 saturated heterocycles. The van der Waals surface area contributed by atoms with Crippen molar-refractivity contribution in [2.75, 3.05) is 27.9 Å². The summed E-state index contributed by atoms with van der Waals surface area (Å²) in [5.41, 5.74) is 1.27. The van der Waals surface area contributed by atoms with Gasteiger partial charge in [-0.2, -0.15) is 0 Å². The van der Waals surface area contributed by atoms with Crippen molar-refractivity contribution >= 4 is 29.2 Å². The molecule has 0 aromatic rings. The summed E-state index contributed by atoms with van der Waals surface area (Å²) >= 11 is 0. The number of cyclic esters (lactones) is 1. The first-order valence-corrected chi connectivity index (χ1v) is 23.9. The molecule has 1 aliphatic carbocycles. The third-order valence-corrected chi connectivity index (χ3v) is 14.5. The van der Waals surface area contributed by atoms with Crippen LogP contribution < -0.4 is 0 Å². The van der Waals surface area contributed by atoms with Crippen molar-refractivity contribution in [3.05, 3.63) is 47.6 Å². The number of carbonyl (C=O) groups is 5. The summed E-state index contributed by atoms with van der Waals surface area (Å²) in [5.74, 6) is -7.96. The summed E-state index contributed by atoms with van der Waals surface area (Å²) in [7, 11) is 4.52. The lowest BCUT2D eigenvalue weighted by Gasteiger charge is -2.42. The molecule has 1 saturated carbocycles. The molecule has 0 aromatic carbocycles. The molecular weight excluding hydrogens is 835 g/mol. The predicted molar refractivity (Wildman–Crippen MR) is 245 cm³/mol. The minimum Gasteiger partial charge on any atom is -0.460 e. The molecule has 4 rings (SSSR count). The van der Waals surface area contributed by atoms with Gasteiger partial charge in [0.1, 0.15) is 30.1 Å². The lowest BCUT2D eigenvalue weighted by molar-refractivity contribution is -0.265. The van der Waals surface area contributed by atoms with Gasteiger partial charge in [-0.1, -0.05) is 71.1 Å². The zero-order chi connectivity index (χ0) is 48.2. The van der Waals surface area contributed by atoms with Crippen molar-refractivity contribution < 1.29 is 63.0 Å². The van der Waals surface area contributed by atoms with Crippen molar-refractivity contribution in [2.45, 2.75) is 180 Å². The van der Waals surface area contributed by atoms with E-state index in [0.29, 0.717) is 63.4 Å². The first-order valence-electron chi connectivity index (χ1n) is 23.9. The van der Waals surface area contributed by atoms with Gasteiger partial charge in [0, 0.05) is 58.5 Å². The number of Topliss-reactive ketones (excluding diaryl/α,β-unsaturated/α-hetero) is 3. The van der Waals surface area contributed by atoms with Crippen molar-refractivity contribution in [3.63, 3.8) is 0 Å². The van der Waals surface area contributed by atoms with Gasteiger partial charge in [0.2, 0.25) is 5.79 Å². The van der Waals surface area contributed by atoms with Crippen LogP contribution in [-0.2, 0) is 47.7 Å². The van der Waals surface area contributed by atoms with Crippen LogP contribution in [0, 0.1) is 35.5 Å². The predicted octanol–water partition coefficient (Wildman–Crippen LogP) is 6.18. The van der Waals surface area contributed by atoms with Gasteiger partial charge in [-0.05, 0) is 107 Å². The second kappa shape index (κ2) is 25.1. The quantitative estimate of drug-likeness (QED) is 0.156. The average Bonchev–Trinajstić information content (AvgIpc) is 3.28. The number of aliphatic hydroxyl groups is 3. The highest BCUT2D eigenvalue weighted by Gasteiger charge is 2.53. The largest absolute Gasteiger partial charge is 0.460 e. The van der Waals surface area contributed by atoms with E-state index >= 15 is 0 Å². The fourth-order valence-corrected chi connectivity index (χ4v) is 10.1. The number of ether oxygens (including phenoxy) is 5. The number of aliphatic hydroxyl groups excluding tert-OH is 2. The van der Waals surface area contributed by atoms with Crippen LogP contribution >= 0.6 is 0 Å². The van der Waals surface area contributed by atoms with Gasteiger partial charge < -0.3 is 43.9 Å². The van der Waals surface area contributed by atoms with Crippen LogP contribution in [0.1, 0.15) is 126 Å². The van der Waals surface area contributed by atoms with E-state index in [9.17, 15) is 39.3 Å². The minimum absolute atomic E-state index is 0.0193. The molecule has 1 amide bonds. The highest BCUT2D eigenvalue weighted by Crippen LogP contribution is 2.38. The van der Waals surface area contributed by atoms with E-state index in [4.69, 9.17) is 23.7 Å². The van der Waals surface area contributed by atoms with E-state index in [2.05, 4.69) is 0 Å². The third kappa shape index (κ3) is 14.3. The number of hydrogen-bond acceptors (Lipinski definition) is 13. The number of amides is 1. The molecule has 3 fully saturated rings. The molecular formula is C51H79NO13. The van der Waals surface area contributed by atoms with Crippen LogP contribution in [0.15, 0.2) is 47.6 Å². The Morgan fingerprint density at radius 1 is 0.846 bits per heavy atom. The number of rotatable bonds is 6. The molecule has 14 nitrogen and oxygen atoms in total. The Labute approximate surface area is 387 Å². The fraction of sp³-hybridized carbons (Fsp3) is 0.745. The molecule has 15 atom stereocenters. The molecule has 9 unspecified atom stereocenters. The van der Waals surface area contributed by atoms with Crippen molar-refractivity contribution in [1.82, 2.24) is 4.90 Å². The van der Waals surface area contributed by atoms with Gasteiger partial charge >= 0.3 is 5.97 Å². The normalized spacial score (nSPS) is 40.4. The Bertz CT molecular complexity index is 1760. The van der Waals surface area contributed by atoms with Gasteiger partial charge in [0.15, 0.2) is 5.78 Å². The third-order valence-electron chi connectivity index (χ3n) is 14.5. The van der Waals surface area contributed by atoms with Crippen molar-refractivity contribution in [3.8, 4) is 0 Å². The number of nitrogens with zero attached hydrogens (tertiary/aromatic N) is 1. The molecule has 366 valence electrons. The molecule has 3 aliphatic heterocycles. The first kappa shape index (κ1) is 54.2. The van der Waals surface area contributed by atoms with Gasteiger partial charge in [-0.15, -0.1) is 0 Å². The Balaban J connectivity index is 1.70. The van der Waals surface area contributed by atoms with Crippen LogP contribution in [0.3, 0.4) is 0 Å². The Hall–Kier alpha value is -3.37. The molecule has 3 heterocycles. The average molecular weight is 914 g/mol. The van der Waals surface area contributed by atoms with E-state index in [1.165, 1.54) is 12.0 Å². The lowest BCUT2D eigenvalue weighted by Crippen LogP contribution is -2.61. The molecule has 0 aromatic heterocycles. The van der Waals surface area contributed by atoms with Gasteiger partial charge in [-0.3, -0.25) is 19.2 Å². The number of carbonyl (C=O) groups excluding carboxylic acids is 5. The summed E-state index contributed by atoms with van der Waals surface area (Å²) in [6, 6.07) is -1.14. The van der Waals surface area contributed by atoms with E-state index in [1.807, 2.05) is 58.1 Å². The SMILES string of the molecule is COC1CC(CC(C)[C@@H]2CC(=O)[C@H](C)/C=C(\C)[C@@H](O)C(OC)C(=O)C(C)CC(C)/C=C/C=C/C=C(\C)[C@@H](OC)C[C@@H]3CCC(C)C(O)(O3)C(=O)C(=O)N3CCCCC3C(=O)O2)CC[C@H]1O. The van der Waals surface area contributed by atoms with E-state index in [0.717, 1.165) is 12.0 Å². The second-order valence-corrected chi connectivity index (χ2v) is 19.6. The fourth-order valence-electron chi connectivity index (χ4n) is 10.1. The van der Waals surface area contributed by atoms with Crippen molar-refractivity contribution in [1.29, 1.82) is 0 Å². The standard InChI is InChI=1S/C51H79NO13/c1-30-16-12-11-13-17-31(2)42(61-8)28-38-21-19-36(7)51(60,65-38)48(57)49(58)52-23-15-14-18-39(52)50(59)64-43(33(4)26-37-20-22-40(53)44(27-37)62-9)29-41(54)32(3)25-35(6)46(56)47(63-10)45(55)34(5)24-30/h11-13,16-17,25,30,32-34,36-40,42-44,46-47,53,56,60H,14-15,18-24,26-29H2,1-10H3/b13-11+,16-12+,31-17+,35-25+/t30?,32-,33?,34?,36?,37?,38+,39?,40-,42+,43+,44?,46-,47?,51?/m1/s1. The maximum Gasteiger partial charge on any atom is 0.329 e. The minimum atomic E-state index is -2.43. The molecule has 14 heteroatoms. The summed E-state index contributed by atoms with van der Waals surface area (Å²) < 4.78 is 29.4. The maximum atomic E-state index is 14.4. The van der Waals surface area contributed by atoms with Crippen LogP contribution in [-0.4, -0.2) is 132 Å². The van der Waals surface area contributed by atoms with Gasteiger partial charge in [0.25, 0.3) is 11.7 Å². The van der Waals surface area contributed by atoms with Crippen LogP contribution in [0.4, 0.5) is 0 Å². The van der Waals surface area contributed by atoms with Gasteiger partial charge in [0.05, 0.1) is 24.4 Å². The first-order chi connectivity index (χ1) is 30.7. The van der Waals surface area contributed by atoms with E-state index in [-0.39, 0.29) is 54.8 Å². The van der Waals surface area contributed by atoms with Crippen LogP contribution in [0.25, 0.3) is 0 Å². The monoisotopic (exact) mass is 914 g/mol. The highest BCUT2D eigenvalue weighted by atomic mass is 16.6. The Morgan fingerprint density at radius 2 is 1.57 bits per heavy atom. The lowest BCUT2D eigenvalue weighted by atomic mass is 9.78. The smallest absolute Gasteiger partial charge is 0.329 e. The van der Waals surface area contributed by atoms with Gasteiger partial charge in [-0.25, -0.2) is 4.79 Å². The number of esters is 1. The van der Waals surface area contributed by atoms with Crippen LogP contribution in [0.2, 0.25) is 0 Å². The highest BCUT2D eigenvalue weighted by molar-refractivity contribution is 6.39. The molecule has 0 radical (unpaired) electrons. The summed E-state index contributed by atoms with van der Waals surface area (Å²) in [6.07, 6.45) is 11.2. The number of hydrogen-bond donors (Lipinski definition) is 3. The summed E-state index contributed by atoms with van der Waals surface area (Å²) in [6.45, 7) is 12.7. The van der Waals surface area contributed by atoms with Crippen LogP contribution in [0.5, 0.6) is 0 Å². The van der Waals surface area contributed by atoms with E-state index in [1.54, 1.807) is 41.1 Å². The Morgan fingerprint density at radius 3 is 2.25 bits per heavy atom. The molecule has 65 heavy (non-hydrogen) atoms. The molecule has 0 spiro atoms. The summed E-state index contributed by atoms with van der Waals surface area (Å²) in [4.78, 5) is 71.8. The molecule has 4 aliphatic rings. The number of piperidine rings is 1. The number of ketones is 3. The maximum absolute atomic E-state index is 14.4. The summed E-state index contributed by atoms with van der Waals surface area (Å²) in [5, 5.41) is 33.8. The Kier molecular flexibility index (Phi) is 21.0. The molecule has 3 N–H and O–H groups in total. The zero-order valence-electron chi connectivity index (χ0n) is 40.6. The van der Waals surface area contributed by atoms with Crippen molar-refractivity contribution in [2.24, 2.45) is 35.5 Å². The van der Waals surface area contributed by atoms with E-state index < -0.39 is 83.9 Å². The number of fused-ring (bicyclic) bond motifs is 3. The second-order valence-electron chi connectivity index (χ2n) is 19.6.